The molecule has 1 aliphatic rings. The summed E-state index contributed by atoms with van der Waals surface area (Å²) in [4.78, 5) is 12.9. The topological polar surface area (TPSA) is 68.2 Å². The van der Waals surface area contributed by atoms with E-state index in [1.807, 2.05) is 35.3 Å². The lowest BCUT2D eigenvalue weighted by atomic mass is 10.2. The van der Waals surface area contributed by atoms with Crippen LogP contribution in [0, 0.1) is 0 Å². The van der Waals surface area contributed by atoms with Crippen LogP contribution in [0.25, 0.3) is 0 Å². The number of hydrazone groups is 1. The van der Waals surface area contributed by atoms with Gasteiger partial charge < -0.3 is 19.5 Å². The normalized spacial score (nSPS) is 14.7. The molecule has 0 N–H and O–H groups in total. The summed E-state index contributed by atoms with van der Waals surface area (Å²) in [6, 6.07) is 17.6. The average molecular weight is 338 g/mol. The standard InChI is InChI=1S/C19H21N3O3/c23-19(24)15-25-18-9-5-4-6-16(18)14-20-22-12-10-21(11-13-22)17-7-2-1-3-8-17/h1-9,14H,10-13,15H2,(H,23,24)/p-1. The van der Waals surface area contributed by atoms with Crippen LogP contribution in [0.5, 0.6) is 5.75 Å². The fourth-order valence-corrected chi connectivity index (χ4v) is 2.71. The number of anilines is 1. The molecular weight excluding hydrogens is 318 g/mol. The first-order chi connectivity index (χ1) is 12.2. The van der Waals surface area contributed by atoms with E-state index >= 15 is 0 Å². The van der Waals surface area contributed by atoms with Gasteiger partial charge in [0, 0.05) is 24.3 Å². The molecule has 2 aromatic rings. The van der Waals surface area contributed by atoms with Crippen LogP contribution in [-0.2, 0) is 4.79 Å². The molecule has 130 valence electrons. The van der Waals surface area contributed by atoms with Crippen LogP contribution in [0.2, 0.25) is 0 Å². The Kier molecular flexibility index (Phi) is 5.51. The van der Waals surface area contributed by atoms with E-state index in [1.165, 1.54) is 5.69 Å². The number of nitrogens with zero attached hydrogens (tertiary/aromatic N) is 3. The van der Waals surface area contributed by atoms with Gasteiger partial charge in [-0.15, -0.1) is 0 Å². The maximum atomic E-state index is 10.6. The van der Waals surface area contributed by atoms with Gasteiger partial charge in [0.15, 0.2) is 0 Å². The van der Waals surface area contributed by atoms with Crippen LogP contribution in [0.4, 0.5) is 5.69 Å². The predicted octanol–water partition coefficient (Wildman–Crippen LogP) is 0.971. The highest BCUT2D eigenvalue weighted by Gasteiger charge is 2.15. The summed E-state index contributed by atoms with van der Waals surface area (Å²) in [5.74, 6) is -0.762. The van der Waals surface area contributed by atoms with Gasteiger partial charge in [-0.3, -0.25) is 5.01 Å². The van der Waals surface area contributed by atoms with Crippen molar-refractivity contribution in [3.63, 3.8) is 0 Å². The fourth-order valence-electron chi connectivity index (χ4n) is 2.71. The number of rotatable bonds is 6. The van der Waals surface area contributed by atoms with Crippen molar-refractivity contribution in [2.75, 3.05) is 37.7 Å². The first kappa shape index (κ1) is 16.8. The monoisotopic (exact) mass is 338 g/mol. The molecule has 0 atom stereocenters. The molecule has 0 aliphatic carbocycles. The molecule has 0 amide bonds. The molecule has 6 heteroatoms. The SMILES string of the molecule is O=C([O-])COc1ccccc1C=NN1CCN(c2ccccc2)CC1. The van der Waals surface area contributed by atoms with E-state index < -0.39 is 12.6 Å². The van der Waals surface area contributed by atoms with Crippen molar-refractivity contribution in [3.05, 3.63) is 60.2 Å². The number of benzene rings is 2. The molecule has 1 heterocycles. The molecule has 0 bridgehead atoms. The molecule has 1 saturated heterocycles. The smallest absolute Gasteiger partial charge is 0.128 e. The number of hydrogen-bond acceptors (Lipinski definition) is 6. The first-order valence-electron chi connectivity index (χ1n) is 8.23. The second-order valence-corrected chi connectivity index (χ2v) is 5.72. The van der Waals surface area contributed by atoms with Crippen LogP contribution in [0.3, 0.4) is 0 Å². The zero-order chi connectivity index (χ0) is 17.5. The van der Waals surface area contributed by atoms with Crippen molar-refractivity contribution in [1.29, 1.82) is 0 Å². The summed E-state index contributed by atoms with van der Waals surface area (Å²) >= 11 is 0. The number of para-hydroxylation sites is 2. The van der Waals surface area contributed by atoms with Crippen molar-refractivity contribution in [2.24, 2.45) is 5.10 Å². The van der Waals surface area contributed by atoms with Crippen LogP contribution < -0.4 is 14.7 Å². The van der Waals surface area contributed by atoms with Crippen LogP contribution >= 0.6 is 0 Å². The molecule has 1 aliphatic heterocycles. The lowest BCUT2D eigenvalue weighted by Crippen LogP contribution is -2.44. The van der Waals surface area contributed by atoms with Gasteiger partial charge in [0.1, 0.15) is 12.4 Å². The Bertz CT molecular complexity index is 726. The van der Waals surface area contributed by atoms with Gasteiger partial charge in [0.2, 0.25) is 0 Å². The molecule has 25 heavy (non-hydrogen) atoms. The van der Waals surface area contributed by atoms with Crippen LogP contribution in [0.15, 0.2) is 59.7 Å². The van der Waals surface area contributed by atoms with E-state index in [1.54, 1.807) is 18.3 Å². The number of carbonyl (C=O) groups is 1. The second-order valence-electron chi connectivity index (χ2n) is 5.72. The molecule has 0 spiro atoms. The zero-order valence-corrected chi connectivity index (χ0v) is 13.9. The summed E-state index contributed by atoms with van der Waals surface area (Å²) in [5.41, 5.74) is 1.97. The molecule has 0 unspecified atom stereocenters. The summed E-state index contributed by atoms with van der Waals surface area (Å²) in [5, 5.41) is 17.1. The third-order valence-corrected chi connectivity index (χ3v) is 4.00. The molecule has 1 fully saturated rings. The van der Waals surface area contributed by atoms with Crippen LogP contribution in [0.1, 0.15) is 5.56 Å². The third-order valence-electron chi connectivity index (χ3n) is 4.00. The summed E-state index contributed by atoms with van der Waals surface area (Å²) < 4.78 is 5.23. The van der Waals surface area contributed by atoms with E-state index in [0.29, 0.717) is 5.75 Å². The molecule has 3 rings (SSSR count). The third kappa shape index (κ3) is 4.73. The van der Waals surface area contributed by atoms with E-state index in [2.05, 4.69) is 22.1 Å². The van der Waals surface area contributed by atoms with Gasteiger partial charge in [0.25, 0.3) is 0 Å². The number of carboxylic acid groups (broad SMARTS) is 1. The zero-order valence-electron chi connectivity index (χ0n) is 13.9. The maximum absolute atomic E-state index is 10.6. The molecule has 6 nitrogen and oxygen atoms in total. The first-order valence-corrected chi connectivity index (χ1v) is 8.23. The number of carbonyl (C=O) groups excluding carboxylic acids is 1. The average Bonchev–Trinajstić information content (AvgIpc) is 2.66. The maximum Gasteiger partial charge on any atom is 0.128 e. The highest BCUT2D eigenvalue weighted by Crippen LogP contribution is 2.17. The summed E-state index contributed by atoms with van der Waals surface area (Å²) in [6.07, 6.45) is 1.71. The Morgan fingerprint density at radius 2 is 1.72 bits per heavy atom. The number of ether oxygens (including phenoxy) is 1. The summed E-state index contributed by atoms with van der Waals surface area (Å²) in [6.45, 7) is 3.00. The Morgan fingerprint density at radius 3 is 2.44 bits per heavy atom. The molecule has 0 saturated carbocycles. The van der Waals surface area contributed by atoms with Gasteiger partial charge in [0.05, 0.1) is 25.3 Å². The van der Waals surface area contributed by atoms with Crippen molar-refractivity contribution in [3.8, 4) is 5.75 Å². The number of piperazine rings is 1. The molecule has 2 aromatic carbocycles. The van der Waals surface area contributed by atoms with Crippen LogP contribution in [-0.4, -0.2) is 50.0 Å². The Morgan fingerprint density at radius 1 is 1.04 bits per heavy atom. The predicted molar refractivity (Wildman–Crippen MR) is 94.8 cm³/mol. The number of hydrogen-bond donors (Lipinski definition) is 0. The van der Waals surface area contributed by atoms with E-state index in [-0.39, 0.29) is 0 Å². The van der Waals surface area contributed by atoms with Crippen molar-refractivity contribution < 1.29 is 14.6 Å². The highest BCUT2D eigenvalue weighted by atomic mass is 16.5. The minimum absolute atomic E-state index is 0.472. The van der Waals surface area contributed by atoms with Gasteiger partial charge in [-0.1, -0.05) is 30.3 Å². The lowest BCUT2D eigenvalue weighted by Gasteiger charge is -2.34. The van der Waals surface area contributed by atoms with Gasteiger partial charge in [-0.2, -0.15) is 5.10 Å². The van der Waals surface area contributed by atoms with E-state index in [0.717, 1.165) is 31.7 Å². The minimum Gasteiger partial charge on any atom is -0.546 e. The van der Waals surface area contributed by atoms with Crippen molar-refractivity contribution >= 4 is 17.9 Å². The number of aliphatic carboxylic acids is 1. The largest absolute Gasteiger partial charge is 0.546 e. The van der Waals surface area contributed by atoms with Gasteiger partial charge in [-0.25, -0.2) is 0 Å². The minimum atomic E-state index is -1.25. The Labute approximate surface area is 146 Å². The molecule has 0 aromatic heterocycles. The number of carboxylic acids is 1. The Balaban J connectivity index is 1.58. The van der Waals surface area contributed by atoms with Crippen molar-refractivity contribution in [1.82, 2.24) is 5.01 Å². The van der Waals surface area contributed by atoms with E-state index in [9.17, 15) is 9.90 Å². The van der Waals surface area contributed by atoms with Gasteiger partial charge in [-0.05, 0) is 24.3 Å². The highest BCUT2D eigenvalue weighted by molar-refractivity contribution is 5.83. The molecule has 0 radical (unpaired) electrons. The second kappa shape index (κ2) is 8.19. The van der Waals surface area contributed by atoms with E-state index in [4.69, 9.17) is 4.74 Å². The Hall–Kier alpha value is -3.02. The quantitative estimate of drug-likeness (QED) is 0.734. The molecular formula is C19H20N3O3-. The lowest BCUT2D eigenvalue weighted by molar-refractivity contribution is -0.307. The van der Waals surface area contributed by atoms with Crippen molar-refractivity contribution in [2.45, 2.75) is 0 Å². The fraction of sp³-hybridized carbons (Fsp3) is 0.263. The summed E-state index contributed by atoms with van der Waals surface area (Å²) in [7, 11) is 0. The van der Waals surface area contributed by atoms with Gasteiger partial charge >= 0.3 is 0 Å².